The molecular weight excluding hydrogens is 242 g/mol. The number of pyridine rings is 1. The van der Waals surface area contributed by atoms with Gasteiger partial charge in [-0.15, -0.1) is 0 Å². The van der Waals surface area contributed by atoms with E-state index in [4.69, 9.17) is 15.2 Å². The van der Waals surface area contributed by atoms with Crippen molar-refractivity contribution in [3.8, 4) is 0 Å². The molecule has 1 rings (SSSR count). The van der Waals surface area contributed by atoms with Gasteiger partial charge in [-0.1, -0.05) is 6.07 Å². The summed E-state index contributed by atoms with van der Waals surface area (Å²) in [4.78, 5) is 6.68. The van der Waals surface area contributed by atoms with Crippen LogP contribution in [0.15, 0.2) is 18.3 Å². The van der Waals surface area contributed by atoms with Gasteiger partial charge in [0.2, 0.25) is 0 Å². The molecular formula is C14H25N3O2. The Labute approximate surface area is 115 Å². The number of methoxy groups -OCH3 is 2. The zero-order chi connectivity index (χ0) is 14.3. The first-order chi connectivity index (χ1) is 9.11. The van der Waals surface area contributed by atoms with Crippen molar-refractivity contribution >= 4 is 5.82 Å². The minimum absolute atomic E-state index is 0.0523. The van der Waals surface area contributed by atoms with Crippen LogP contribution in [0.2, 0.25) is 0 Å². The van der Waals surface area contributed by atoms with E-state index in [9.17, 15) is 0 Å². The van der Waals surface area contributed by atoms with Crippen molar-refractivity contribution in [2.75, 3.05) is 38.9 Å². The van der Waals surface area contributed by atoms with Crippen LogP contribution in [-0.2, 0) is 9.47 Å². The van der Waals surface area contributed by atoms with Crippen LogP contribution < -0.4 is 10.6 Å². The van der Waals surface area contributed by atoms with Crippen molar-refractivity contribution in [2.45, 2.75) is 25.9 Å². The number of nitrogens with two attached hydrogens (primary N) is 1. The van der Waals surface area contributed by atoms with Crippen LogP contribution in [-0.4, -0.2) is 45.0 Å². The van der Waals surface area contributed by atoms with Crippen molar-refractivity contribution in [3.63, 3.8) is 0 Å². The number of nitrogens with zero attached hydrogens (tertiary/aromatic N) is 2. The zero-order valence-corrected chi connectivity index (χ0v) is 12.3. The fourth-order valence-electron chi connectivity index (χ4n) is 2.06. The maximum absolute atomic E-state index is 6.03. The van der Waals surface area contributed by atoms with Gasteiger partial charge in [-0.3, -0.25) is 0 Å². The number of hydrogen-bond donors (Lipinski definition) is 1. The highest BCUT2D eigenvalue weighted by atomic mass is 16.5. The molecule has 1 unspecified atom stereocenters. The highest BCUT2D eigenvalue weighted by Crippen LogP contribution is 2.24. The lowest BCUT2D eigenvalue weighted by atomic mass is 10.1. The zero-order valence-electron chi connectivity index (χ0n) is 12.3. The fourth-order valence-corrected chi connectivity index (χ4v) is 2.06. The van der Waals surface area contributed by atoms with E-state index in [0.29, 0.717) is 13.2 Å². The van der Waals surface area contributed by atoms with Gasteiger partial charge >= 0.3 is 0 Å². The topological polar surface area (TPSA) is 60.6 Å². The first-order valence-corrected chi connectivity index (χ1v) is 6.56. The van der Waals surface area contributed by atoms with Crippen LogP contribution in [0.3, 0.4) is 0 Å². The largest absolute Gasteiger partial charge is 0.383 e. The van der Waals surface area contributed by atoms with Gasteiger partial charge in [-0.25, -0.2) is 4.98 Å². The Morgan fingerprint density at radius 2 is 2.05 bits per heavy atom. The van der Waals surface area contributed by atoms with Gasteiger partial charge in [0.25, 0.3) is 0 Å². The summed E-state index contributed by atoms with van der Waals surface area (Å²) in [6.45, 7) is 6.12. The van der Waals surface area contributed by atoms with Gasteiger partial charge in [0.1, 0.15) is 5.82 Å². The van der Waals surface area contributed by atoms with E-state index in [1.54, 1.807) is 20.4 Å². The van der Waals surface area contributed by atoms with Crippen LogP contribution in [0.25, 0.3) is 0 Å². The molecule has 1 aromatic heterocycles. The minimum atomic E-state index is -0.0523. The summed E-state index contributed by atoms with van der Waals surface area (Å²) < 4.78 is 10.4. The second kappa shape index (κ2) is 8.09. The van der Waals surface area contributed by atoms with Gasteiger partial charge in [-0.05, 0) is 19.9 Å². The van der Waals surface area contributed by atoms with Crippen LogP contribution in [0.5, 0.6) is 0 Å². The predicted octanol–water partition coefficient (Wildman–Crippen LogP) is 1.59. The first-order valence-electron chi connectivity index (χ1n) is 6.56. The van der Waals surface area contributed by atoms with Crippen molar-refractivity contribution in [2.24, 2.45) is 5.73 Å². The van der Waals surface area contributed by atoms with Crippen LogP contribution in [0.4, 0.5) is 5.82 Å². The Bertz CT molecular complexity index is 371. The molecule has 0 aromatic carbocycles. The molecule has 5 nitrogen and oxygen atoms in total. The highest BCUT2D eigenvalue weighted by Gasteiger charge is 2.19. The van der Waals surface area contributed by atoms with E-state index in [2.05, 4.69) is 16.8 Å². The van der Waals surface area contributed by atoms with E-state index < -0.39 is 0 Å². The van der Waals surface area contributed by atoms with Crippen LogP contribution in [0.1, 0.15) is 25.5 Å². The van der Waals surface area contributed by atoms with Gasteiger partial charge in [-0.2, -0.15) is 0 Å². The van der Waals surface area contributed by atoms with E-state index in [1.165, 1.54) is 0 Å². The molecule has 0 aliphatic rings. The lowest BCUT2D eigenvalue weighted by molar-refractivity contribution is 0.170. The van der Waals surface area contributed by atoms with Gasteiger partial charge < -0.3 is 20.1 Å². The molecule has 0 amide bonds. The standard InChI is InChI=1S/C14H25N3O2/c1-11(10-19-4)17(8-9-18-3)14-13(12(2)15)6-5-7-16-14/h5-7,11-12H,8-10,15H2,1-4H3/t11?,12-/m0/s1. The molecule has 0 saturated heterocycles. The summed E-state index contributed by atoms with van der Waals surface area (Å²) in [5, 5.41) is 0. The monoisotopic (exact) mass is 267 g/mol. The summed E-state index contributed by atoms with van der Waals surface area (Å²) in [7, 11) is 3.40. The lowest BCUT2D eigenvalue weighted by Gasteiger charge is -2.31. The van der Waals surface area contributed by atoms with Crippen LogP contribution >= 0.6 is 0 Å². The third kappa shape index (κ3) is 4.45. The van der Waals surface area contributed by atoms with Crippen LogP contribution in [0, 0.1) is 0 Å². The number of rotatable bonds is 8. The third-order valence-electron chi connectivity index (χ3n) is 3.06. The molecule has 0 aliphatic heterocycles. The molecule has 108 valence electrons. The normalized spacial score (nSPS) is 14.2. The number of ether oxygens (including phenoxy) is 2. The maximum atomic E-state index is 6.03. The average Bonchev–Trinajstić information content (AvgIpc) is 2.40. The van der Waals surface area contributed by atoms with E-state index in [0.717, 1.165) is 17.9 Å². The number of anilines is 1. The molecule has 0 bridgehead atoms. The minimum Gasteiger partial charge on any atom is -0.383 e. The summed E-state index contributed by atoms with van der Waals surface area (Å²) in [5.74, 6) is 0.916. The number of hydrogen-bond acceptors (Lipinski definition) is 5. The molecule has 0 spiro atoms. The maximum Gasteiger partial charge on any atom is 0.133 e. The SMILES string of the molecule is COCCN(c1ncccc1[C@H](C)N)C(C)COC. The Morgan fingerprint density at radius 1 is 1.32 bits per heavy atom. The Balaban J connectivity index is 3.02. The molecule has 2 N–H and O–H groups in total. The fraction of sp³-hybridized carbons (Fsp3) is 0.643. The summed E-state index contributed by atoms with van der Waals surface area (Å²) in [6.07, 6.45) is 1.79. The first kappa shape index (κ1) is 15.9. The molecule has 2 atom stereocenters. The second-order valence-corrected chi connectivity index (χ2v) is 4.70. The molecule has 19 heavy (non-hydrogen) atoms. The average molecular weight is 267 g/mol. The predicted molar refractivity (Wildman–Crippen MR) is 77.4 cm³/mol. The quantitative estimate of drug-likeness (QED) is 0.775. The smallest absolute Gasteiger partial charge is 0.133 e. The van der Waals surface area contributed by atoms with E-state index >= 15 is 0 Å². The molecule has 5 heteroatoms. The lowest BCUT2D eigenvalue weighted by Crippen LogP contribution is -2.40. The van der Waals surface area contributed by atoms with Crippen molar-refractivity contribution in [3.05, 3.63) is 23.9 Å². The molecule has 0 saturated carbocycles. The van der Waals surface area contributed by atoms with Crippen molar-refractivity contribution in [1.82, 2.24) is 4.98 Å². The van der Waals surface area contributed by atoms with Gasteiger partial charge in [0, 0.05) is 38.6 Å². The summed E-state index contributed by atoms with van der Waals surface area (Å²) in [6, 6.07) is 4.10. The molecule has 1 heterocycles. The van der Waals surface area contributed by atoms with Crippen molar-refractivity contribution < 1.29 is 9.47 Å². The number of aromatic nitrogens is 1. The summed E-state index contributed by atoms with van der Waals surface area (Å²) in [5.41, 5.74) is 7.07. The second-order valence-electron chi connectivity index (χ2n) is 4.70. The Morgan fingerprint density at radius 3 is 2.63 bits per heavy atom. The van der Waals surface area contributed by atoms with Crippen molar-refractivity contribution in [1.29, 1.82) is 0 Å². The third-order valence-corrected chi connectivity index (χ3v) is 3.06. The summed E-state index contributed by atoms with van der Waals surface area (Å²) >= 11 is 0. The molecule has 1 aromatic rings. The van der Waals surface area contributed by atoms with Gasteiger partial charge in [0.05, 0.1) is 19.3 Å². The molecule has 0 radical (unpaired) electrons. The Hall–Kier alpha value is -1.17. The van der Waals surface area contributed by atoms with E-state index in [-0.39, 0.29) is 12.1 Å². The van der Waals surface area contributed by atoms with Gasteiger partial charge in [0.15, 0.2) is 0 Å². The van der Waals surface area contributed by atoms with E-state index in [1.807, 2.05) is 19.1 Å². The highest BCUT2D eigenvalue weighted by molar-refractivity contribution is 5.49. The molecule has 0 fully saturated rings. The Kier molecular flexibility index (Phi) is 6.77. The molecule has 0 aliphatic carbocycles.